The van der Waals surface area contributed by atoms with Crippen molar-refractivity contribution < 1.29 is 18.0 Å². The Morgan fingerprint density at radius 2 is 1.57 bits per heavy atom. The van der Waals surface area contributed by atoms with Gasteiger partial charge in [0.2, 0.25) is 21.8 Å². The van der Waals surface area contributed by atoms with Crippen LogP contribution in [0.4, 0.5) is 5.69 Å². The summed E-state index contributed by atoms with van der Waals surface area (Å²) in [4.78, 5) is 29.4. The molecule has 4 rings (SSSR count). The van der Waals surface area contributed by atoms with Gasteiger partial charge in [-0.1, -0.05) is 82.8 Å². The van der Waals surface area contributed by atoms with Crippen molar-refractivity contribution in [3.63, 3.8) is 0 Å². The van der Waals surface area contributed by atoms with Gasteiger partial charge in [-0.3, -0.25) is 13.9 Å². The van der Waals surface area contributed by atoms with E-state index in [4.69, 9.17) is 11.6 Å². The van der Waals surface area contributed by atoms with E-state index in [9.17, 15) is 18.0 Å². The van der Waals surface area contributed by atoms with E-state index in [2.05, 4.69) is 21.2 Å². The third-order valence-corrected chi connectivity index (χ3v) is 8.95. The molecule has 1 N–H and O–H groups in total. The van der Waals surface area contributed by atoms with Gasteiger partial charge in [0.05, 0.1) is 11.9 Å². The molecule has 0 radical (unpaired) electrons. The maximum atomic E-state index is 14.1. The maximum absolute atomic E-state index is 14.1. The lowest BCUT2D eigenvalue weighted by molar-refractivity contribution is -0.140. The second kappa shape index (κ2) is 13.7. The standard InChI is InChI=1S/C30H33BrClN3O4S/c1-40(38,39)35(27-17-15-25(32)16-18-27)21-29(36)34(20-23-11-13-24(31)14-12-23)28(19-22-7-3-2-4-8-22)30(37)33-26-9-5-6-10-26/h2-4,7-8,11-18,26,28H,5-6,9-10,19-21H2,1H3,(H,33,37)/t28-/m1/s1. The maximum Gasteiger partial charge on any atom is 0.244 e. The summed E-state index contributed by atoms with van der Waals surface area (Å²) in [6.07, 6.45) is 5.27. The summed E-state index contributed by atoms with van der Waals surface area (Å²) in [5, 5.41) is 3.61. The first-order valence-corrected chi connectivity index (χ1v) is 16.2. The smallest absolute Gasteiger partial charge is 0.244 e. The fraction of sp³-hybridized carbons (Fsp3) is 0.333. The summed E-state index contributed by atoms with van der Waals surface area (Å²) in [5.41, 5.74) is 2.04. The van der Waals surface area contributed by atoms with E-state index in [0.717, 1.165) is 51.8 Å². The van der Waals surface area contributed by atoms with Crippen molar-refractivity contribution in [1.29, 1.82) is 0 Å². The number of carbonyl (C=O) groups excluding carboxylic acids is 2. The second-order valence-corrected chi connectivity index (χ2v) is 13.3. The monoisotopic (exact) mass is 645 g/mol. The van der Waals surface area contributed by atoms with Gasteiger partial charge in [-0.2, -0.15) is 0 Å². The van der Waals surface area contributed by atoms with Crippen LogP contribution in [0.1, 0.15) is 36.8 Å². The third-order valence-electron chi connectivity index (χ3n) is 7.03. The molecule has 1 aliphatic rings. The molecule has 0 saturated heterocycles. The normalized spacial score (nSPS) is 14.5. The fourth-order valence-corrected chi connectivity index (χ4v) is 6.17. The average Bonchev–Trinajstić information content (AvgIpc) is 3.44. The highest BCUT2D eigenvalue weighted by molar-refractivity contribution is 9.10. The van der Waals surface area contributed by atoms with Crippen LogP contribution in [-0.2, 0) is 32.6 Å². The molecule has 1 saturated carbocycles. The number of carbonyl (C=O) groups is 2. The van der Waals surface area contributed by atoms with Crippen LogP contribution in [0, 0.1) is 0 Å². The Morgan fingerprint density at radius 3 is 2.17 bits per heavy atom. The fourth-order valence-electron chi connectivity index (χ4n) is 4.93. The molecule has 2 amide bonds. The van der Waals surface area contributed by atoms with Crippen LogP contribution < -0.4 is 9.62 Å². The van der Waals surface area contributed by atoms with Crippen LogP contribution in [0.15, 0.2) is 83.3 Å². The van der Waals surface area contributed by atoms with Gasteiger partial charge in [0, 0.05) is 28.5 Å². The second-order valence-electron chi connectivity index (χ2n) is 10.1. The van der Waals surface area contributed by atoms with E-state index < -0.39 is 28.5 Å². The molecule has 1 aliphatic carbocycles. The first-order chi connectivity index (χ1) is 19.1. The lowest BCUT2D eigenvalue weighted by atomic mass is 10.0. The van der Waals surface area contributed by atoms with Gasteiger partial charge in [0.1, 0.15) is 12.6 Å². The molecule has 10 heteroatoms. The predicted molar refractivity (Wildman–Crippen MR) is 163 cm³/mol. The quantitative estimate of drug-likeness (QED) is 0.295. The Morgan fingerprint density at radius 1 is 0.950 bits per heavy atom. The molecule has 1 fully saturated rings. The van der Waals surface area contributed by atoms with Gasteiger partial charge in [-0.15, -0.1) is 0 Å². The molecule has 212 valence electrons. The van der Waals surface area contributed by atoms with Crippen LogP contribution in [0.25, 0.3) is 0 Å². The molecule has 3 aromatic carbocycles. The van der Waals surface area contributed by atoms with Crippen LogP contribution >= 0.6 is 27.5 Å². The topological polar surface area (TPSA) is 86.8 Å². The lowest BCUT2D eigenvalue weighted by Crippen LogP contribution is -2.54. The van der Waals surface area contributed by atoms with Crippen LogP contribution in [0.3, 0.4) is 0 Å². The van der Waals surface area contributed by atoms with Gasteiger partial charge in [0.15, 0.2) is 0 Å². The molecular weight excluding hydrogens is 614 g/mol. The third kappa shape index (κ3) is 8.32. The number of nitrogens with zero attached hydrogens (tertiary/aromatic N) is 2. The molecule has 0 heterocycles. The van der Waals surface area contributed by atoms with Crippen molar-refractivity contribution in [2.24, 2.45) is 0 Å². The number of amides is 2. The molecule has 3 aromatic rings. The number of benzene rings is 3. The number of anilines is 1. The Bertz CT molecular complexity index is 1400. The first-order valence-electron chi connectivity index (χ1n) is 13.2. The molecule has 0 unspecified atom stereocenters. The van der Waals surface area contributed by atoms with Crippen LogP contribution in [0.5, 0.6) is 0 Å². The number of hydrogen-bond donors (Lipinski definition) is 1. The molecule has 1 atom stereocenters. The van der Waals surface area contributed by atoms with Crippen LogP contribution in [0.2, 0.25) is 5.02 Å². The molecule has 40 heavy (non-hydrogen) atoms. The van der Waals surface area contributed by atoms with Gasteiger partial charge < -0.3 is 10.2 Å². The van der Waals surface area contributed by atoms with Crippen molar-refractivity contribution in [2.75, 3.05) is 17.1 Å². The van der Waals surface area contributed by atoms with Gasteiger partial charge in [-0.25, -0.2) is 8.42 Å². The molecule has 0 aliphatic heterocycles. The molecule has 0 bridgehead atoms. The van der Waals surface area contributed by atoms with Crippen molar-refractivity contribution in [3.8, 4) is 0 Å². The SMILES string of the molecule is CS(=O)(=O)N(CC(=O)N(Cc1ccc(Br)cc1)[C@H](Cc1ccccc1)C(=O)NC1CCCC1)c1ccc(Cl)cc1. The van der Waals surface area contributed by atoms with Crippen LogP contribution in [-0.4, -0.2) is 50.0 Å². The van der Waals surface area contributed by atoms with Crippen molar-refractivity contribution in [2.45, 2.75) is 50.7 Å². The minimum Gasteiger partial charge on any atom is -0.352 e. The van der Waals surface area contributed by atoms with Gasteiger partial charge >= 0.3 is 0 Å². The van der Waals surface area contributed by atoms with Crippen molar-refractivity contribution in [3.05, 3.63) is 99.5 Å². The average molecular weight is 647 g/mol. The van der Waals surface area contributed by atoms with E-state index in [1.165, 1.54) is 4.90 Å². The first kappa shape index (κ1) is 30.1. The van der Waals surface area contributed by atoms with E-state index >= 15 is 0 Å². The van der Waals surface area contributed by atoms with E-state index in [1.807, 2.05) is 54.6 Å². The van der Waals surface area contributed by atoms with E-state index in [1.54, 1.807) is 24.3 Å². The number of halogens is 2. The largest absolute Gasteiger partial charge is 0.352 e. The molecule has 7 nitrogen and oxygen atoms in total. The van der Waals surface area contributed by atoms with Gasteiger partial charge in [-0.05, 0) is 60.4 Å². The Hall–Kier alpha value is -2.88. The Balaban J connectivity index is 1.71. The minimum absolute atomic E-state index is 0.0667. The zero-order chi connectivity index (χ0) is 28.7. The summed E-state index contributed by atoms with van der Waals surface area (Å²) < 4.78 is 27.6. The van der Waals surface area contributed by atoms with Crippen molar-refractivity contribution >= 4 is 55.1 Å². The van der Waals surface area contributed by atoms with E-state index in [0.29, 0.717) is 17.1 Å². The predicted octanol–water partition coefficient (Wildman–Crippen LogP) is 5.57. The highest BCUT2D eigenvalue weighted by atomic mass is 79.9. The number of sulfonamides is 1. The summed E-state index contributed by atoms with van der Waals surface area (Å²) in [5.74, 6) is -0.718. The highest BCUT2D eigenvalue weighted by Gasteiger charge is 2.34. The van der Waals surface area contributed by atoms with Gasteiger partial charge in [0.25, 0.3) is 0 Å². The zero-order valence-corrected chi connectivity index (χ0v) is 25.5. The number of hydrogen-bond acceptors (Lipinski definition) is 4. The molecular formula is C30H33BrClN3O4S. The summed E-state index contributed by atoms with van der Waals surface area (Å²) in [6, 6.07) is 22.6. The number of nitrogens with one attached hydrogen (secondary N) is 1. The molecule has 0 aromatic heterocycles. The Labute approximate surface area is 249 Å². The highest BCUT2D eigenvalue weighted by Crippen LogP contribution is 2.23. The molecule has 0 spiro atoms. The summed E-state index contributed by atoms with van der Waals surface area (Å²) in [7, 11) is -3.83. The zero-order valence-electron chi connectivity index (χ0n) is 22.3. The Kier molecular flexibility index (Phi) is 10.3. The summed E-state index contributed by atoms with van der Waals surface area (Å²) in [6.45, 7) is -0.321. The summed E-state index contributed by atoms with van der Waals surface area (Å²) >= 11 is 9.46. The number of rotatable bonds is 11. The minimum atomic E-state index is -3.83. The van der Waals surface area contributed by atoms with E-state index in [-0.39, 0.29) is 18.5 Å². The lowest BCUT2D eigenvalue weighted by Gasteiger charge is -2.34. The van der Waals surface area contributed by atoms with Crippen molar-refractivity contribution in [1.82, 2.24) is 10.2 Å².